The maximum atomic E-state index is 11.9. The van der Waals surface area contributed by atoms with Gasteiger partial charge in [0.15, 0.2) is 0 Å². The zero-order chi connectivity index (χ0) is 14.9. The maximum Gasteiger partial charge on any atom is 0.407 e. The van der Waals surface area contributed by atoms with Crippen LogP contribution in [0.4, 0.5) is 4.79 Å². The first kappa shape index (κ1) is 15.1. The molecule has 0 saturated heterocycles. The summed E-state index contributed by atoms with van der Waals surface area (Å²) in [5.41, 5.74) is -0.560. The molecule has 2 saturated carbocycles. The Kier molecular flexibility index (Phi) is 4.25. The van der Waals surface area contributed by atoms with E-state index < -0.39 is 23.6 Å². The van der Waals surface area contributed by atoms with E-state index in [-0.39, 0.29) is 12.0 Å². The van der Waals surface area contributed by atoms with Crippen molar-refractivity contribution in [2.24, 2.45) is 17.8 Å². The first-order valence-corrected chi connectivity index (χ1v) is 7.52. The zero-order valence-corrected chi connectivity index (χ0v) is 12.5. The van der Waals surface area contributed by atoms with Crippen molar-refractivity contribution < 1.29 is 19.4 Å². The van der Waals surface area contributed by atoms with Gasteiger partial charge in [-0.15, -0.1) is 0 Å². The molecule has 5 nitrogen and oxygen atoms in total. The molecule has 0 aromatic rings. The van der Waals surface area contributed by atoms with Crippen LogP contribution in [-0.4, -0.2) is 28.8 Å². The topological polar surface area (TPSA) is 75.6 Å². The monoisotopic (exact) mass is 283 g/mol. The summed E-state index contributed by atoms with van der Waals surface area (Å²) < 4.78 is 5.24. The minimum absolute atomic E-state index is 0.218. The van der Waals surface area contributed by atoms with Gasteiger partial charge in [0.2, 0.25) is 0 Å². The SMILES string of the molecule is CC(C)(C)OC(=O)N[C@H]1[C@@H]2CCCCC[C@@H]2[C@@H]1C(=O)O. The van der Waals surface area contributed by atoms with Crippen molar-refractivity contribution in [2.45, 2.75) is 64.5 Å². The van der Waals surface area contributed by atoms with Crippen molar-refractivity contribution in [1.82, 2.24) is 5.32 Å². The second-order valence-corrected chi connectivity index (χ2v) is 7.00. The largest absolute Gasteiger partial charge is 0.481 e. The van der Waals surface area contributed by atoms with E-state index in [1.54, 1.807) is 20.8 Å². The third kappa shape index (κ3) is 3.25. The highest BCUT2D eigenvalue weighted by Gasteiger charge is 2.54. The fourth-order valence-electron chi connectivity index (χ4n) is 3.62. The molecule has 0 heterocycles. The van der Waals surface area contributed by atoms with E-state index in [1.165, 1.54) is 6.42 Å². The minimum Gasteiger partial charge on any atom is -0.481 e. The van der Waals surface area contributed by atoms with Gasteiger partial charge in [0.05, 0.1) is 5.92 Å². The van der Waals surface area contributed by atoms with Gasteiger partial charge in [-0.3, -0.25) is 4.79 Å². The number of aliphatic carboxylic acids is 1. The molecule has 2 fully saturated rings. The van der Waals surface area contributed by atoms with Crippen LogP contribution in [0.15, 0.2) is 0 Å². The summed E-state index contributed by atoms with van der Waals surface area (Å²) in [6.07, 6.45) is 4.86. The van der Waals surface area contributed by atoms with Crippen LogP contribution in [0.1, 0.15) is 52.9 Å². The van der Waals surface area contributed by atoms with Crippen LogP contribution in [-0.2, 0) is 9.53 Å². The van der Waals surface area contributed by atoms with Crippen LogP contribution in [0, 0.1) is 17.8 Å². The van der Waals surface area contributed by atoms with Gasteiger partial charge in [-0.25, -0.2) is 4.79 Å². The average molecular weight is 283 g/mol. The van der Waals surface area contributed by atoms with Gasteiger partial charge >= 0.3 is 12.1 Å². The van der Waals surface area contributed by atoms with Crippen LogP contribution in [0.3, 0.4) is 0 Å². The van der Waals surface area contributed by atoms with Gasteiger partial charge < -0.3 is 15.2 Å². The zero-order valence-electron chi connectivity index (χ0n) is 12.5. The number of amides is 1. The van der Waals surface area contributed by atoms with E-state index in [0.29, 0.717) is 5.92 Å². The molecule has 114 valence electrons. The highest BCUT2D eigenvalue weighted by atomic mass is 16.6. The molecule has 2 N–H and O–H groups in total. The van der Waals surface area contributed by atoms with Crippen molar-refractivity contribution >= 4 is 12.1 Å². The molecule has 0 spiro atoms. The first-order valence-electron chi connectivity index (χ1n) is 7.52. The normalized spacial score (nSPS) is 33.4. The average Bonchev–Trinajstić information content (AvgIpc) is 2.46. The Bertz CT molecular complexity index is 388. The van der Waals surface area contributed by atoms with Gasteiger partial charge in [-0.05, 0) is 45.4 Å². The van der Waals surface area contributed by atoms with E-state index in [9.17, 15) is 14.7 Å². The number of hydrogen-bond acceptors (Lipinski definition) is 3. The molecule has 1 amide bonds. The van der Waals surface area contributed by atoms with Crippen molar-refractivity contribution in [3.63, 3.8) is 0 Å². The van der Waals surface area contributed by atoms with Crippen molar-refractivity contribution in [3.05, 3.63) is 0 Å². The summed E-state index contributed by atoms with van der Waals surface area (Å²) in [6.45, 7) is 5.41. The molecule has 0 aliphatic heterocycles. The van der Waals surface area contributed by atoms with E-state index in [2.05, 4.69) is 5.32 Å². The summed E-state index contributed by atoms with van der Waals surface area (Å²) in [7, 11) is 0. The molecule has 20 heavy (non-hydrogen) atoms. The molecular weight excluding hydrogens is 258 g/mol. The summed E-state index contributed by atoms with van der Waals surface area (Å²) in [5.74, 6) is -0.735. The molecule has 0 aromatic heterocycles. The standard InChI is InChI=1S/C15H25NO4/c1-15(2,3)20-14(19)16-12-10-8-6-4-5-7-9(10)11(12)13(17)18/h9-12H,4-8H2,1-3H3,(H,16,19)(H,17,18)/t9-,10+,11-,12-/m0/s1. The number of carboxylic acid groups (broad SMARTS) is 1. The second-order valence-electron chi connectivity index (χ2n) is 7.00. The number of fused-ring (bicyclic) bond motifs is 1. The highest BCUT2D eigenvalue weighted by Crippen LogP contribution is 2.48. The van der Waals surface area contributed by atoms with Gasteiger partial charge in [0, 0.05) is 6.04 Å². The van der Waals surface area contributed by atoms with Crippen LogP contribution in [0.5, 0.6) is 0 Å². The molecule has 2 rings (SSSR count). The summed E-state index contributed by atoms with van der Waals surface area (Å²) >= 11 is 0. The lowest BCUT2D eigenvalue weighted by atomic mass is 9.58. The highest BCUT2D eigenvalue weighted by molar-refractivity contribution is 5.75. The number of nitrogens with one attached hydrogen (secondary N) is 1. The van der Waals surface area contributed by atoms with Gasteiger partial charge in [0.25, 0.3) is 0 Å². The van der Waals surface area contributed by atoms with Crippen LogP contribution in [0.2, 0.25) is 0 Å². The number of ether oxygens (including phenoxy) is 1. The number of carboxylic acids is 1. The molecule has 2 aliphatic carbocycles. The fraction of sp³-hybridized carbons (Fsp3) is 0.867. The number of rotatable bonds is 2. The molecule has 0 radical (unpaired) electrons. The van der Waals surface area contributed by atoms with Gasteiger partial charge in [0.1, 0.15) is 5.60 Å². The van der Waals surface area contributed by atoms with E-state index in [4.69, 9.17) is 4.74 Å². The Labute approximate surface area is 120 Å². The van der Waals surface area contributed by atoms with Crippen LogP contribution in [0.25, 0.3) is 0 Å². The maximum absolute atomic E-state index is 11.9. The van der Waals surface area contributed by atoms with E-state index in [1.807, 2.05) is 0 Å². The number of carbonyl (C=O) groups excluding carboxylic acids is 1. The van der Waals surface area contributed by atoms with Crippen molar-refractivity contribution in [1.29, 1.82) is 0 Å². The number of carbonyl (C=O) groups is 2. The van der Waals surface area contributed by atoms with E-state index in [0.717, 1.165) is 25.7 Å². The van der Waals surface area contributed by atoms with E-state index >= 15 is 0 Å². The summed E-state index contributed by atoms with van der Waals surface area (Å²) in [4.78, 5) is 23.3. The minimum atomic E-state index is -0.797. The van der Waals surface area contributed by atoms with Crippen LogP contribution >= 0.6 is 0 Å². The van der Waals surface area contributed by atoms with Gasteiger partial charge in [-0.1, -0.05) is 19.3 Å². The summed E-state index contributed by atoms with van der Waals surface area (Å²) in [5, 5.41) is 12.2. The molecule has 4 atom stereocenters. The smallest absolute Gasteiger partial charge is 0.407 e. The number of hydrogen-bond donors (Lipinski definition) is 2. The fourth-order valence-corrected chi connectivity index (χ4v) is 3.62. The molecule has 0 bridgehead atoms. The first-order chi connectivity index (χ1) is 9.29. The summed E-state index contributed by atoms with van der Waals surface area (Å²) in [6, 6.07) is -0.273. The lowest BCUT2D eigenvalue weighted by molar-refractivity contribution is -0.155. The van der Waals surface area contributed by atoms with Gasteiger partial charge in [-0.2, -0.15) is 0 Å². The van der Waals surface area contributed by atoms with Crippen molar-refractivity contribution in [2.75, 3.05) is 0 Å². The molecule has 5 heteroatoms. The molecule has 2 aliphatic rings. The Morgan fingerprint density at radius 3 is 2.25 bits per heavy atom. The molecule has 0 aromatic carbocycles. The molecule has 0 unspecified atom stereocenters. The Morgan fingerprint density at radius 2 is 1.70 bits per heavy atom. The van der Waals surface area contributed by atoms with Crippen LogP contribution < -0.4 is 5.32 Å². The number of alkyl carbamates (subject to hydrolysis) is 1. The Morgan fingerprint density at radius 1 is 1.10 bits per heavy atom. The predicted octanol–water partition coefficient (Wildman–Crippen LogP) is 2.79. The quantitative estimate of drug-likeness (QED) is 0.817. The molecular formula is C15H25NO4. The van der Waals surface area contributed by atoms with Crippen molar-refractivity contribution in [3.8, 4) is 0 Å². The Balaban J connectivity index is 2.01. The lowest BCUT2D eigenvalue weighted by Gasteiger charge is -2.49. The lowest BCUT2D eigenvalue weighted by Crippen LogP contribution is -2.62. The third-order valence-electron chi connectivity index (χ3n) is 4.40. The predicted molar refractivity (Wildman–Crippen MR) is 74.3 cm³/mol. The second kappa shape index (κ2) is 5.62. The Hall–Kier alpha value is -1.26. The third-order valence-corrected chi connectivity index (χ3v) is 4.40.